The molecule has 0 aliphatic heterocycles. The van der Waals surface area contributed by atoms with Gasteiger partial charge in [-0.25, -0.2) is 4.98 Å². The lowest BCUT2D eigenvalue weighted by Crippen LogP contribution is -2.45. The normalized spacial score (nSPS) is 14.9. The number of nitrogens with zero attached hydrogens (tertiary/aromatic N) is 2. The number of hydrogen-bond donors (Lipinski definition) is 2. The van der Waals surface area contributed by atoms with E-state index >= 15 is 0 Å². The van der Waals surface area contributed by atoms with Crippen molar-refractivity contribution in [2.45, 2.75) is 45.2 Å². The number of unbranched alkanes of at least 4 members (excludes halogenated alkanes) is 1. The maximum Gasteiger partial charge on any atom is 0.0945 e. The van der Waals surface area contributed by atoms with E-state index in [4.69, 9.17) is 0 Å². The number of likely N-dealkylation sites (N-methyl/N-ethyl adjacent to an activating group) is 1. The molecule has 1 heterocycles. The molecule has 1 aromatic rings. The molecule has 2 N–H and O–H groups in total. The van der Waals surface area contributed by atoms with Crippen molar-refractivity contribution in [1.82, 2.24) is 14.9 Å². The molecule has 4 heteroatoms. The molecule has 0 radical (unpaired) electrons. The van der Waals surface area contributed by atoms with E-state index in [1.807, 2.05) is 12.5 Å². The molecule has 0 spiro atoms. The monoisotopic (exact) mass is 225 g/mol. The van der Waals surface area contributed by atoms with Crippen LogP contribution in [0.4, 0.5) is 0 Å². The van der Waals surface area contributed by atoms with Crippen LogP contribution < -0.4 is 5.32 Å². The maximum atomic E-state index is 9.32. The van der Waals surface area contributed by atoms with Crippen molar-refractivity contribution in [3.05, 3.63) is 18.7 Å². The summed E-state index contributed by atoms with van der Waals surface area (Å²) < 4.78 is 2.09. The van der Waals surface area contributed by atoms with Crippen molar-refractivity contribution in [2.24, 2.45) is 0 Å². The fraction of sp³-hybridized carbons (Fsp3) is 0.750. The van der Waals surface area contributed by atoms with Crippen LogP contribution in [0.3, 0.4) is 0 Å². The van der Waals surface area contributed by atoms with E-state index in [1.165, 1.54) is 0 Å². The quantitative estimate of drug-likeness (QED) is 0.658. The highest BCUT2D eigenvalue weighted by atomic mass is 16.3. The van der Waals surface area contributed by atoms with Crippen LogP contribution in [0.1, 0.15) is 33.1 Å². The number of imidazole rings is 1. The molecule has 1 atom stereocenters. The fourth-order valence-electron chi connectivity index (χ4n) is 1.88. The zero-order valence-corrected chi connectivity index (χ0v) is 10.3. The Morgan fingerprint density at radius 2 is 2.25 bits per heavy atom. The highest BCUT2D eigenvalue weighted by Gasteiger charge is 2.20. The molecule has 92 valence electrons. The van der Waals surface area contributed by atoms with Gasteiger partial charge in [-0.3, -0.25) is 0 Å². The van der Waals surface area contributed by atoms with Gasteiger partial charge in [0.15, 0.2) is 0 Å². The Balaban J connectivity index is 2.18. The standard InChI is InChI=1S/C12H23N3O/c1-3-14-12(2,10-16)6-4-5-8-15-9-7-13-11-15/h7,9,11,14,16H,3-6,8,10H2,1-2H3. The number of aryl methyl sites for hydroxylation is 1. The van der Waals surface area contributed by atoms with E-state index in [2.05, 4.69) is 28.7 Å². The fourth-order valence-corrected chi connectivity index (χ4v) is 1.88. The molecule has 4 nitrogen and oxygen atoms in total. The lowest BCUT2D eigenvalue weighted by atomic mass is 9.96. The average molecular weight is 225 g/mol. The van der Waals surface area contributed by atoms with E-state index in [9.17, 15) is 5.11 Å². The molecule has 0 bridgehead atoms. The average Bonchev–Trinajstić information content (AvgIpc) is 2.78. The number of nitrogens with one attached hydrogen (secondary N) is 1. The number of aliphatic hydroxyl groups excluding tert-OH is 1. The Morgan fingerprint density at radius 3 is 2.81 bits per heavy atom. The van der Waals surface area contributed by atoms with E-state index in [-0.39, 0.29) is 12.1 Å². The second-order valence-electron chi connectivity index (χ2n) is 4.51. The van der Waals surface area contributed by atoms with Crippen LogP contribution >= 0.6 is 0 Å². The van der Waals surface area contributed by atoms with Gasteiger partial charge in [0, 0.05) is 24.5 Å². The van der Waals surface area contributed by atoms with Crippen LogP contribution in [0.15, 0.2) is 18.7 Å². The molecular formula is C12H23N3O. The molecular weight excluding hydrogens is 202 g/mol. The van der Waals surface area contributed by atoms with Gasteiger partial charge in [-0.15, -0.1) is 0 Å². The van der Waals surface area contributed by atoms with Gasteiger partial charge in [0.25, 0.3) is 0 Å². The number of rotatable bonds is 8. The number of aliphatic hydroxyl groups is 1. The second kappa shape index (κ2) is 6.66. The Hall–Kier alpha value is -0.870. The van der Waals surface area contributed by atoms with Gasteiger partial charge in [0.05, 0.1) is 12.9 Å². The topological polar surface area (TPSA) is 50.1 Å². The van der Waals surface area contributed by atoms with Crippen molar-refractivity contribution in [1.29, 1.82) is 0 Å². The summed E-state index contributed by atoms with van der Waals surface area (Å²) in [7, 11) is 0. The molecule has 1 rings (SSSR count). The minimum absolute atomic E-state index is 0.121. The van der Waals surface area contributed by atoms with E-state index in [1.54, 1.807) is 6.20 Å². The first-order valence-corrected chi connectivity index (χ1v) is 6.02. The summed E-state index contributed by atoms with van der Waals surface area (Å²) in [5.41, 5.74) is -0.121. The second-order valence-corrected chi connectivity index (χ2v) is 4.51. The van der Waals surface area contributed by atoms with Gasteiger partial charge in [-0.05, 0) is 32.7 Å². The molecule has 0 aromatic carbocycles. The Morgan fingerprint density at radius 1 is 1.44 bits per heavy atom. The van der Waals surface area contributed by atoms with Crippen LogP contribution in [-0.4, -0.2) is 33.3 Å². The summed E-state index contributed by atoms with van der Waals surface area (Å²) in [6.45, 7) is 6.26. The SMILES string of the molecule is CCNC(C)(CO)CCCCn1ccnc1. The van der Waals surface area contributed by atoms with E-state index < -0.39 is 0 Å². The number of aromatic nitrogens is 2. The molecule has 0 aliphatic carbocycles. The third-order valence-electron chi connectivity index (χ3n) is 2.91. The highest BCUT2D eigenvalue weighted by Crippen LogP contribution is 2.13. The van der Waals surface area contributed by atoms with Crippen LogP contribution in [-0.2, 0) is 6.54 Å². The zero-order chi connectivity index (χ0) is 11.9. The van der Waals surface area contributed by atoms with Crippen LogP contribution in [0, 0.1) is 0 Å². The molecule has 0 amide bonds. The first-order valence-electron chi connectivity index (χ1n) is 6.02. The van der Waals surface area contributed by atoms with E-state index in [0.717, 1.165) is 32.4 Å². The van der Waals surface area contributed by atoms with Crippen LogP contribution in [0.5, 0.6) is 0 Å². The minimum Gasteiger partial charge on any atom is -0.394 e. The first kappa shape index (κ1) is 13.2. The molecule has 0 fully saturated rings. The predicted molar refractivity (Wildman–Crippen MR) is 65.2 cm³/mol. The van der Waals surface area contributed by atoms with Gasteiger partial charge in [0.2, 0.25) is 0 Å². The zero-order valence-electron chi connectivity index (χ0n) is 10.3. The molecule has 1 unspecified atom stereocenters. The van der Waals surface area contributed by atoms with Crippen molar-refractivity contribution in [3.8, 4) is 0 Å². The summed E-state index contributed by atoms with van der Waals surface area (Å²) in [6, 6.07) is 0. The maximum absolute atomic E-state index is 9.32. The minimum atomic E-state index is -0.121. The van der Waals surface area contributed by atoms with Crippen LogP contribution in [0.2, 0.25) is 0 Å². The van der Waals surface area contributed by atoms with Gasteiger partial charge < -0.3 is 15.0 Å². The summed E-state index contributed by atoms with van der Waals surface area (Å²) in [5.74, 6) is 0. The predicted octanol–water partition coefficient (Wildman–Crippen LogP) is 1.41. The highest BCUT2D eigenvalue weighted by molar-refractivity contribution is 4.81. The van der Waals surface area contributed by atoms with Gasteiger partial charge >= 0.3 is 0 Å². The molecule has 0 aliphatic rings. The van der Waals surface area contributed by atoms with Gasteiger partial charge in [0.1, 0.15) is 0 Å². The lowest BCUT2D eigenvalue weighted by molar-refractivity contribution is 0.164. The first-order chi connectivity index (χ1) is 7.70. The molecule has 0 saturated carbocycles. The van der Waals surface area contributed by atoms with Crippen LogP contribution in [0.25, 0.3) is 0 Å². The third-order valence-corrected chi connectivity index (χ3v) is 2.91. The summed E-state index contributed by atoms with van der Waals surface area (Å²) >= 11 is 0. The van der Waals surface area contributed by atoms with Crippen molar-refractivity contribution in [3.63, 3.8) is 0 Å². The Bertz CT molecular complexity index is 274. The smallest absolute Gasteiger partial charge is 0.0945 e. The summed E-state index contributed by atoms with van der Waals surface area (Å²) in [6.07, 6.45) is 8.87. The Kier molecular flexibility index (Phi) is 5.49. The molecule has 0 saturated heterocycles. The van der Waals surface area contributed by atoms with Gasteiger partial charge in [-0.2, -0.15) is 0 Å². The third kappa shape index (κ3) is 4.33. The molecule has 1 aromatic heterocycles. The lowest BCUT2D eigenvalue weighted by Gasteiger charge is -2.28. The van der Waals surface area contributed by atoms with Crippen molar-refractivity contribution in [2.75, 3.05) is 13.2 Å². The largest absolute Gasteiger partial charge is 0.394 e. The Labute approximate surface area is 97.7 Å². The molecule has 16 heavy (non-hydrogen) atoms. The van der Waals surface area contributed by atoms with E-state index in [0.29, 0.717) is 0 Å². The van der Waals surface area contributed by atoms with Crippen molar-refractivity contribution < 1.29 is 5.11 Å². The van der Waals surface area contributed by atoms with Gasteiger partial charge in [-0.1, -0.05) is 6.92 Å². The summed E-state index contributed by atoms with van der Waals surface area (Å²) in [4.78, 5) is 4.01. The van der Waals surface area contributed by atoms with Crippen molar-refractivity contribution >= 4 is 0 Å². The number of hydrogen-bond acceptors (Lipinski definition) is 3. The summed E-state index contributed by atoms with van der Waals surface area (Å²) in [5, 5.41) is 12.7.